The van der Waals surface area contributed by atoms with Gasteiger partial charge in [0.1, 0.15) is 5.01 Å². The largest absolute Gasteiger partial charge is 0.340 e. The van der Waals surface area contributed by atoms with Crippen LogP contribution in [-0.2, 0) is 4.79 Å². The first-order valence-corrected chi connectivity index (χ1v) is 8.84. The van der Waals surface area contributed by atoms with Crippen LogP contribution in [0.2, 0.25) is 0 Å². The van der Waals surface area contributed by atoms with Gasteiger partial charge in [0, 0.05) is 50.7 Å². The van der Waals surface area contributed by atoms with Gasteiger partial charge in [-0.05, 0) is 19.4 Å². The summed E-state index contributed by atoms with van der Waals surface area (Å²) in [4.78, 5) is 21.2. The van der Waals surface area contributed by atoms with Crippen molar-refractivity contribution in [3.05, 3.63) is 16.6 Å². The molecule has 21 heavy (non-hydrogen) atoms. The minimum atomic E-state index is 0.306. The van der Waals surface area contributed by atoms with Crippen molar-refractivity contribution >= 4 is 17.2 Å². The van der Waals surface area contributed by atoms with Gasteiger partial charge >= 0.3 is 0 Å². The van der Waals surface area contributed by atoms with E-state index >= 15 is 0 Å². The van der Waals surface area contributed by atoms with Crippen LogP contribution in [0.4, 0.5) is 0 Å². The van der Waals surface area contributed by atoms with Crippen LogP contribution in [0.5, 0.6) is 0 Å². The minimum absolute atomic E-state index is 0.306. The summed E-state index contributed by atoms with van der Waals surface area (Å²) in [5.74, 6) is 0.306. The molecule has 3 rings (SSSR count). The molecule has 0 radical (unpaired) electrons. The molecule has 5 nitrogen and oxygen atoms in total. The fourth-order valence-electron chi connectivity index (χ4n) is 3.25. The third-order valence-electron chi connectivity index (χ3n) is 4.43. The summed E-state index contributed by atoms with van der Waals surface area (Å²) in [7, 11) is 0. The average Bonchev–Trinajstić information content (AvgIpc) is 3.08. The molecule has 3 heterocycles. The van der Waals surface area contributed by atoms with E-state index in [1.165, 1.54) is 24.3 Å². The Kier molecular flexibility index (Phi) is 5.22. The average molecular weight is 308 g/mol. The fourth-order valence-corrected chi connectivity index (χ4v) is 4.06. The standard InChI is InChI=1S/C15H24N4OS/c20-14(19-10-5-16-6-11-19)4-9-18-8-2-1-3-13(18)15-17-7-12-21-15/h7,12-13,16H,1-6,8-11H2. The number of nitrogens with one attached hydrogen (secondary N) is 1. The Labute approximate surface area is 130 Å². The van der Waals surface area contributed by atoms with Crippen molar-refractivity contribution in [3.8, 4) is 0 Å². The van der Waals surface area contributed by atoms with Crippen molar-refractivity contribution in [1.82, 2.24) is 20.1 Å². The first-order chi connectivity index (χ1) is 10.3. The van der Waals surface area contributed by atoms with Gasteiger partial charge < -0.3 is 10.2 Å². The van der Waals surface area contributed by atoms with Gasteiger partial charge in [0.05, 0.1) is 6.04 Å². The Morgan fingerprint density at radius 2 is 2.19 bits per heavy atom. The minimum Gasteiger partial charge on any atom is -0.340 e. The first-order valence-electron chi connectivity index (χ1n) is 7.96. The number of piperazine rings is 1. The van der Waals surface area contributed by atoms with E-state index in [4.69, 9.17) is 0 Å². The molecule has 1 aromatic heterocycles. The van der Waals surface area contributed by atoms with E-state index in [0.29, 0.717) is 18.4 Å². The number of thiazole rings is 1. The number of aromatic nitrogens is 1. The molecule has 6 heteroatoms. The number of piperidine rings is 1. The van der Waals surface area contributed by atoms with Gasteiger partial charge in [0.15, 0.2) is 0 Å². The maximum atomic E-state index is 12.3. The smallest absolute Gasteiger partial charge is 0.223 e. The highest BCUT2D eigenvalue weighted by Gasteiger charge is 2.26. The van der Waals surface area contributed by atoms with Crippen molar-refractivity contribution in [3.63, 3.8) is 0 Å². The van der Waals surface area contributed by atoms with Crippen molar-refractivity contribution < 1.29 is 4.79 Å². The second-order valence-corrected chi connectivity index (χ2v) is 6.72. The van der Waals surface area contributed by atoms with Gasteiger partial charge in [-0.15, -0.1) is 11.3 Å². The Hall–Kier alpha value is -0.980. The molecule has 0 spiro atoms. The normalized spacial score (nSPS) is 24.2. The van der Waals surface area contributed by atoms with Crippen LogP contribution in [0.15, 0.2) is 11.6 Å². The zero-order chi connectivity index (χ0) is 14.5. The van der Waals surface area contributed by atoms with E-state index in [-0.39, 0.29) is 0 Å². The molecule has 1 amide bonds. The quantitative estimate of drug-likeness (QED) is 0.915. The molecular formula is C15H24N4OS. The van der Waals surface area contributed by atoms with Crippen LogP contribution >= 0.6 is 11.3 Å². The molecule has 116 valence electrons. The molecule has 2 aliphatic heterocycles. The van der Waals surface area contributed by atoms with Crippen LogP contribution in [0.1, 0.15) is 36.7 Å². The predicted octanol–water partition coefficient (Wildman–Crippen LogP) is 1.49. The second kappa shape index (κ2) is 7.33. The predicted molar refractivity (Wildman–Crippen MR) is 84.3 cm³/mol. The summed E-state index contributed by atoms with van der Waals surface area (Å²) < 4.78 is 0. The number of amides is 1. The van der Waals surface area contributed by atoms with Crippen molar-refractivity contribution in [1.29, 1.82) is 0 Å². The van der Waals surface area contributed by atoms with E-state index in [1.807, 2.05) is 16.5 Å². The molecule has 1 unspecified atom stereocenters. The monoisotopic (exact) mass is 308 g/mol. The zero-order valence-electron chi connectivity index (χ0n) is 12.5. The third-order valence-corrected chi connectivity index (χ3v) is 5.31. The van der Waals surface area contributed by atoms with E-state index in [1.54, 1.807) is 11.3 Å². The van der Waals surface area contributed by atoms with E-state index in [9.17, 15) is 4.79 Å². The lowest BCUT2D eigenvalue weighted by Gasteiger charge is -2.35. The molecule has 2 saturated heterocycles. The molecule has 2 aliphatic rings. The molecular weight excluding hydrogens is 284 g/mol. The lowest BCUT2D eigenvalue weighted by molar-refractivity contribution is -0.132. The fraction of sp³-hybridized carbons (Fsp3) is 0.733. The molecule has 2 fully saturated rings. The molecule has 1 aromatic rings. The van der Waals surface area contributed by atoms with Gasteiger partial charge in [0.25, 0.3) is 0 Å². The molecule has 0 aliphatic carbocycles. The summed E-state index contributed by atoms with van der Waals surface area (Å²) in [5, 5.41) is 6.55. The lowest BCUT2D eigenvalue weighted by Crippen LogP contribution is -2.47. The van der Waals surface area contributed by atoms with E-state index in [0.717, 1.165) is 39.3 Å². The topological polar surface area (TPSA) is 48.5 Å². The summed E-state index contributed by atoms with van der Waals surface area (Å²) in [6.07, 6.45) is 6.21. The summed E-state index contributed by atoms with van der Waals surface area (Å²) in [5.41, 5.74) is 0. The van der Waals surface area contributed by atoms with Gasteiger partial charge in [-0.3, -0.25) is 9.69 Å². The lowest BCUT2D eigenvalue weighted by atomic mass is 10.0. The molecule has 0 aromatic carbocycles. The number of nitrogens with zero attached hydrogens (tertiary/aromatic N) is 3. The Bertz CT molecular complexity index is 445. The maximum absolute atomic E-state index is 12.3. The van der Waals surface area contributed by atoms with Crippen LogP contribution in [0.3, 0.4) is 0 Å². The molecule has 0 saturated carbocycles. The SMILES string of the molecule is O=C(CCN1CCCCC1c1nccs1)N1CCNCC1. The van der Waals surface area contributed by atoms with Gasteiger partial charge in [-0.25, -0.2) is 4.98 Å². The second-order valence-electron chi connectivity index (χ2n) is 5.80. The molecule has 0 bridgehead atoms. The number of carbonyl (C=O) groups is 1. The number of hydrogen-bond acceptors (Lipinski definition) is 5. The van der Waals surface area contributed by atoms with Crippen molar-refractivity contribution in [2.24, 2.45) is 0 Å². The Morgan fingerprint density at radius 1 is 1.33 bits per heavy atom. The number of rotatable bonds is 4. The highest BCUT2D eigenvalue weighted by atomic mass is 32.1. The summed E-state index contributed by atoms with van der Waals surface area (Å²) in [6, 6.07) is 0.426. The van der Waals surface area contributed by atoms with Crippen LogP contribution in [0.25, 0.3) is 0 Å². The van der Waals surface area contributed by atoms with E-state index < -0.39 is 0 Å². The highest BCUT2D eigenvalue weighted by Crippen LogP contribution is 2.31. The van der Waals surface area contributed by atoms with Crippen LogP contribution in [-0.4, -0.2) is 60.0 Å². The number of hydrogen-bond donors (Lipinski definition) is 1. The molecule has 1 N–H and O–H groups in total. The van der Waals surface area contributed by atoms with Gasteiger partial charge in [-0.1, -0.05) is 6.42 Å². The summed E-state index contributed by atoms with van der Waals surface area (Å²) >= 11 is 1.74. The van der Waals surface area contributed by atoms with Crippen molar-refractivity contribution in [2.75, 3.05) is 39.3 Å². The Morgan fingerprint density at radius 3 is 2.95 bits per heavy atom. The molecule has 1 atom stereocenters. The third kappa shape index (κ3) is 3.81. The van der Waals surface area contributed by atoms with E-state index in [2.05, 4.69) is 15.2 Å². The number of carbonyl (C=O) groups excluding carboxylic acids is 1. The first kappa shape index (κ1) is 14.9. The Balaban J connectivity index is 1.53. The summed E-state index contributed by atoms with van der Waals surface area (Å²) in [6.45, 7) is 5.53. The maximum Gasteiger partial charge on any atom is 0.223 e. The van der Waals surface area contributed by atoms with Crippen molar-refractivity contribution in [2.45, 2.75) is 31.7 Å². The van der Waals surface area contributed by atoms with Gasteiger partial charge in [-0.2, -0.15) is 0 Å². The zero-order valence-corrected chi connectivity index (χ0v) is 13.3. The highest BCUT2D eigenvalue weighted by molar-refractivity contribution is 7.09. The van der Waals surface area contributed by atoms with Crippen LogP contribution < -0.4 is 5.32 Å². The van der Waals surface area contributed by atoms with Crippen LogP contribution in [0, 0.1) is 0 Å². The van der Waals surface area contributed by atoms with Gasteiger partial charge in [0.2, 0.25) is 5.91 Å². The number of likely N-dealkylation sites (tertiary alicyclic amines) is 1.